The summed E-state index contributed by atoms with van der Waals surface area (Å²) in [6, 6.07) is 5.73. The number of hydrogen-bond acceptors (Lipinski definition) is 5. The Labute approximate surface area is 167 Å². The van der Waals surface area contributed by atoms with Crippen LogP contribution >= 0.6 is 34.5 Å². The maximum absolute atomic E-state index is 6.32. The van der Waals surface area contributed by atoms with E-state index >= 15 is 0 Å². The highest BCUT2D eigenvalue weighted by atomic mass is 35.5. The topological polar surface area (TPSA) is 32.3 Å². The van der Waals surface area contributed by atoms with Crippen molar-refractivity contribution in [3.8, 4) is 0 Å². The van der Waals surface area contributed by atoms with Crippen molar-refractivity contribution in [3.05, 3.63) is 50.6 Å². The molecule has 7 heteroatoms. The van der Waals surface area contributed by atoms with E-state index in [-0.39, 0.29) is 0 Å². The monoisotopic (exact) mass is 406 g/mol. The lowest BCUT2D eigenvalue weighted by molar-refractivity contribution is 0.249. The molecular weight excluding hydrogens is 387 g/mol. The normalized spacial score (nSPS) is 15.8. The highest BCUT2D eigenvalue weighted by Gasteiger charge is 2.22. The number of aryl methyl sites for hydroxylation is 2. The van der Waals surface area contributed by atoms with Crippen LogP contribution in [-0.2, 0) is 6.54 Å². The van der Waals surface area contributed by atoms with E-state index in [0.717, 1.165) is 54.0 Å². The third-order valence-corrected chi connectivity index (χ3v) is 6.73. The minimum absolute atomic E-state index is 0.678. The van der Waals surface area contributed by atoms with Gasteiger partial charge in [-0.15, -0.1) is 11.3 Å². The Morgan fingerprint density at radius 2 is 1.85 bits per heavy atom. The van der Waals surface area contributed by atoms with E-state index in [1.807, 2.05) is 18.2 Å². The molecule has 1 aliphatic rings. The van der Waals surface area contributed by atoms with Gasteiger partial charge in [0.1, 0.15) is 17.0 Å². The number of aromatic nitrogens is 2. The van der Waals surface area contributed by atoms with E-state index in [4.69, 9.17) is 23.2 Å². The molecule has 3 heterocycles. The molecule has 26 heavy (non-hydrogen) atoms. The number of nitrogens with zero attached hydrogens (tertiary/aromatic N) is 4. The van der Waals surface area contributed by atoms with Crippen LogP contribution in [0.25, 0.3) is 10.2 Å². The fourth-order valence-electron chi connectivity index (χ4n) is 3.41. The van der Waals surface area contributed by atoms with E-state index < -0.39 is 0 Å². The van der Waals surface area contributed by atoms with E-state index in [1.54, 1.807) is 17.7 Å². The van der Waals surface area contributed by atoms with E-state index in [0.29, 0.717) is 5.02 Å². The van der Waals surface area contributed by atoms with Crippen molar-refractivity contribution in [2.45, 2.75) is 20.4 Å². The van der Waals surface area contributed by atoms with Crippen LogP contribution in [0.2, 0.25) is 10.0 Å². The van der Waals surface area contributed by atoms with Gasteiger partial charge in [0.25, 0.3) is 0 Å². The lowest BCUT2D eigenvalue weighted by Crippen LogP contribution is -2.46. The molecule has 136 valence electrons. The Kier molecular flexibility index (Phi) is 5.06. The van der Waals surface area contributed by atoms with Gasteiger partial charge in [0.15, 0.2) is 0 Å². The molecule has 4 nitrogen and oxygen atoms in total. The van der Waals surface area contributed by atoms with Gasteiger partial charge in [0.2, 0.25) is 0 Å². The average molecular weight is 407 g/mol. The molecule has 0 aliphatic carbocycles. The van der Waals surface area contributed by atoms with Crippen LogP contribution in [0.1, 0.15) is 16.0 Å². The minimum atomic E-state index is 0.678. The molecule has 3 aromatic rings. The molecule has 1 fully saturated rings. The fraction of sp³-hybridized carbons (Fsp3) is 0.368. The van der Waals surface area contributed by atoms with Gasteiger partial charge >= 0.3 is 0 Å². The fourth-order valence-corrected chi connectivity index (χ4v) is 4.87. The summed E-state index contributed by atoms with van der Waals surface area (Å²) >= 11 is 14.1. The quantitative estimate of drug-likeness (QED) is 0.616. The summed E-state index contributed by atoms with van der Waals surface area (Å²) < 4.78 is 0. The van der Waals surface area contributed by atoms with Gasteiger partial charge < -0.3 is 4.90 Å². The van der Waals surface area contributed by atoms with Gasteiger partial charge in [0, 0.05) is 47.6 Å². The lowest BCUT2D eigenvalue weighted by atomic mass is 10.1. The molecule has 0 unspecified atom stereocenters. The van der Waals surface area contributed by atoms with Crippen LogP contribution in [0, 0.1) is 13.8 Å². The molecular formula is C19H20Cl2N4S. The van der Waals surface area contributed by atoms with Gasteiger partial charge in [-0.25, -0.2) is 9.97 Å². The standard InChI is InChI=1S/C19H20Cl2N4S/c1-12-13(2)26-19-17(12)18(22-11-23-19)25-7-5-24(6-8-25)10-14-3-4-15(20)9-16(14)21/h3-4,9,11H,5-8,10H2,1-2H3. The lowest BCUT2D eigenvalue weighted by Gasteiger charge is -2.35. The maximum atomic E-state index is 6.32. The van der Waals surface area contributed by atoms with Crippen LogP contribution < -0.4 is 4.90 Å². The summed E-state index contributed by atoms with van der Waals surface area (Å²) in [5.41, 5.74) is 2.43. The van der Waals surface area contributed by atoms with Crippen molar-refractivity contribution in [3.63, 3.8) is 0 Å². The number of halogens is 2. The Morgan fingerprint density at radius 1 is 1.08 bits per heavy atom. The summed E-state index contributed by atoms with van der Waals surface area (Å²) in [4.78, 5) is 16.3. The summed E-state index contributed by atoms with van der Waals surface area (Å²) in [6.07, 6.45) is 1.69. The molecule has 0 amide bonds. The zero-order chi connectivity index (χ0) is 18.3. The highest BCUT2D eigenvalue weighted by molar-refractivity contribution is 7.18. The Hall–Kier alpha value is -1.40. The molecule has 4 rings (SSSR count). The van der Waals surface area contributed by atoms with Gasteiger partial charge in [-0.2, -0.15) is 0 Å². The average Bonchev–Trinajstić information content (AvgIpc) is 2.92. The predicted molar refractivity (Wildman–Crippen MR) is 111 cm³/mol. The second-order valence-corrected chi connectivity index (χ2v) is 8.71. The third kappa shape index (κ3) is 3.41. The zero-order valence-electron chi connectivity index (χ0n) is 14.8. The molecule has 1 saturated heterocycles. The third-order valence-electron chi connectivity index (χ3n) is 5.03. The summed E-state index contributed by atoms with van der Waals surface area (Å²) in [5.74, 6) is 1.07. The maximum Gasteiger partial charge on any atom is 0.141 e. The van der Waals surface area contributed by atoms with E-state index in [1.165, 1.54) is 15.8 Å². The molecule has 0 saturated carbocycles. The van der Waals surface area contributed by atoms with Crippen molar-refractivity contribution in [1.82, 2.24) is 14.9 Å². The molecule has 0 spiro atoms. The Balaban J connectivity index is 1.49. The first kappa shape index (κ1) is 18.0. The largest absolute Gasteiger partial charge is 0.353 e. The van der Waals surface area contributed by atoms with Gasteiger partial charge in [-0.1, -0.05) is 29.3 Å². The summed E-state index contributed by atoms with van der Waals surface area (Å²) in [7, 11) is 0. The summed E-state index contributed by atoms with van der Waals surface area (Å²) in [6.45, 7) is 9.02. The van der Waals surface area contributed by atoms with Crippen LogP contribution in [-0.4, -0.2) is 41.0 Å². The second-order valence-electron chi connectivity index (χ2n) is 6.66. The molecule has 1 aliphatic heterocycles. The number of anilines is 1. The van der Waals surface area contributed by atoms with Crippen molar-refractivity contribution in [2.75, 3.05) is 31.1 Å². The van der Waals surface area contributed by atoms with Crippen molar-refractivity contribution in [1.29, 1.82) is 0 Å². The van der Waals surface area contributed by atoms with Crippen LogP contribution in [0.5, 0.6) is 0 Å². The van der Waals surface area contributed by atoms with Crippen molar-refractivity contribution in [2.24, 2.45) is 0 Å². The smallest absolute Gasteiger partial charge is 0.141 e. The van der Waals surface area contributed by atoms with E-state index in [2.05, 4.69) is 33.6 Å². The van der Waals surface area contributed by atoms with Crippen molar-refractivity contribution >= 4 is 50.6 Å². The van der Waals surface area contributed by atoms with E-state index in [9.17, 15) is 0 Å². The van der Waals surface area contributed by atoms with Gasteiger partial charge in [-0.3, -0.25) is 4.90 Å². The van der Waals surface area contributed by atoms with Crippen LogP contribution in [0.3, 0.4) is 0 Å². The number of thiophene rings is 1. The van der Waals surface area contributed by atoms with Gasteiger partial charge in [0.05, 0.1) is 5.39 Å². The molecule has 2 aromatic heterocycles. The van der Waals surface area contributed by atoms with Crippen LogP contribution in [0.15, 0.2) is 24.5 Å². The molecule has 0 bridgehead atoms. The van der Waals surface area contributed by atoms with Crippen LogP contribution in [0.4, 0.5) is 5.82 Å². The number of benzene rings is 1. The first-order valence-electron chi connectivity index (χ1n) is 8.65. The number of hydrogen-bond donors (Lipinski definition) is 0. The van der Waals surface area contributed by atoms with Crippen molar-refractivity contribution < 1.29 is 0 Å². The zero-order valence-corrected chi connectivity index (χ0v) is 17.1. The Bertz CT molecular complexity index is 948. The first-order valence-corrected chi connectivity index (χ1v) is 10.2. The molecule has 0 N–H and O–H groups in total. The number of fused-ring (bicyclic) bond motifs is 1. The molecule has 0 atom stereocenters. The molecule has 0 radical (unpaired) electrons. The van der Waals surface area contributed by atoms with Gasteiger partial charge in [-0.05, 0) is 37.1 Å². The first-order chi connectivity index (χ1) is 12.5. The predicted octanol–water partition coefficient (Wildman–Crippen LogP) is 4.94. The number of piperazine rings is 1. The SMILES string of the molecule is Cc1sc2ncnc(N3CCN(Cc4ccc(Cl)cc4Cl)CC3)c2c1C. The second kappa shape index (κ2) is 7.31. The Morgan fingerprint density at radius 3 is 2.58 bits per heavy atom. The minimum Gasteiger partial charge on any atom is -0.353 e. The highest BCUT2D eigenvalue weighted by Crippen LogP contribution is 2.34. The molecule has 1 aromatic carbocycles. The summed E-state index contributed by atoms with van der Waals surface area (Å²) in [5, 5.41) is 2.63. The number of rotatable bonds is 3.